The van der Waals surface area contributed by atoms with Crippen molar-refractivity contribution in [3.8, 4) is 0 Å². The van der Waals surface area contributed by atoms with E-state index < -0.39 is 0 Å². The molecule has 2 aromatic heterocycles. The van der Waals surface area contributed by atoms with Crippen LogP contribution >= 0.6 is 0 Å². The van der Waals surface area contributed by atoms with E-state index in [1.54, 1.807) is 0 Å². The van der Waals surface area contributed by atoms with Crippen molar-refractivity contribution in [1.82, 2.24) is 19.9 Å². The highest BCUT2D eigenvalue weighted by Crippen LogP contribution is 2.24. The second-order valence-electron chi connectivity index (χ2n) is 4.70. The van der Waals surface area contributed by atoms with Crippen LogP contribution in [0.25, 0.3) is 11.0 Å². The molecule has 1 N–H and O–H groups in total. The number of imidazole rings is 1. The Labute approximate surface area is 102 Å². The van der Waals surface area contributed by atoms with E-state index in [1.807, 2.05) is 18.5 Å². The number of nitrogens with zero attached hydrogens (tertiary/aromatic N) is 3. The molecule has 4 heteroatoms. The van der Waals surface area contributed by atoms with Crippen LogP contribution in [-0.4, -0.2) is 21.1 Å². The summed E-state index contributed by atoms with van der Waals surface area (Å²) in [6.07, 6.45) is 3.65. The van der Waals surface area contributed by atoms with Gasteiger partial charge in [-0.2, -0.15) is 0 Å². The molecule has 0 aliphatic rings. The van der Waals surface area contributed by atoms with Gasteiger partial charge >= 0.3 is 0 Å². The summed E-state index contributed by atoms with van der Waals surface area (Å²) in [5.41, 5.74) is 2.00. The minimum absolute atomic E-state index is 0.121. The molecule has 17 heavy (non-hydrogen) atoms. The second-order valence-corrected chi connectivity index (χ2v) is 4.70. The first-order valence-corrected chi connectivity index (χ1v) is 6.16. The summed E-state index contributed by atoms with van der Waals surface area (Å²) in [6.45, 7) is 10.4. The Kier molecular flexibility index (Phi) is 3.15. The van der Waals surface area contributed by atoms with Gasteiger partial charge in [0.1, 0.15) is 11.3 Å². The van der Waals surface area contributed by atoms with Crippen LogP contribution in [-0.2, 0) is 12.1 Å². The van der Waals surface area contributed by atoms with Gasteiger partial charge < -0.3 is 9.88 Å². The molecule has 92 valence electrons. The summed E-state index contributed by atoms with van der Waals surface area (Å²) in [4.78, 5) is 8.85. The zero-order valence-electron chi connectivity index (χ0n) is 11.0. The second kappa shape index (κ2) is 4.45. The lowest BCUT2D eigenvalue weighted by Crippen LogP contribution is -2.38. The Hall–Kier alpha value is -1.42. The molecule has 2 rings (SSSR count). The van der Waals surface area contributed by atoms with E-state index in [2.05, 4.69) is 42.6 Å². The van der Waals surface area contributed by atoms with Gasteiger partial charge in [0.15, 0.2) is 0 Å². The van der Waals surface area contributed by atoms with Gasteiger partial charge in [0.05, 0.1) is 17.3 Å². The van der Waals surface area contributed by atoms with E-state index in [-0.39, 0.29) is 5.54 Å². The Morgan fingerprint density at radius 2 is 2.12 bits per heavy atom. The third-order valence-corrected chi connectivity index (χ3v) is 3.04. The molecule has 2 heterocycles. The van der Waals surface area contributed by atoms with Crippen LogP contribution in [0.3, 0.4) is 0 Å². The fourth-order valence-electron chi connectivity index (χ4n) is 2.30. The van der Waals surface area contributed by atoms with E-state index in [1.165, 1.54) is 0 Å². The first kappa shape index (κ1) is 12.0. The van der Waals surface area contributed by atoms with Crippen molar-refractivity contribution in [2.45, 2.75) is 39.8 Å². The molecule has 0 spiro atoms. The minimum Gasteiger partial charge on any atom is -0.327 e. The Balaban J connectivity index is 2.61. The van der Waals surface area contributed by atoms with Crippen molar-refractivity contribution in [3.63, 3.8) is 0 Å². The standard InChI is InChI=1S/C13H20N4/c1-5-15-13(3,4)12-16-10-9-14-8-7-11(10)17(12)6-2/h7-9,15H,5-6H2,1-4H3. The van der Waals surface area contributed by atoms with E-state index in [9.17, 15) is 0 Å². The lowest BCUT2D eigenvalue weighted by molar-refractivity contribution is 0.377. The maximum Gasteiger partial charge on any atom is 0.129 e. The van der Waals surface area contributed by atoms with Gasteiger partial charge in [0, 0.05) is 12.7 Å². The Morgan fingerprint density at radius 1 is 1.35 bits per heavy atom. The molecule has 0 aliphatic carbocycles. The Morgan fingerprint density at radius 3 is 2.76 bits per heavy atom. The molecule has 2 aromatic rings. The van der Waals surface area contributed by atoms with Crippen LogP contribution in [0.4, 0.5) is 0 Å². The van der Waals surface area contributed by atoms with Crippen molar-refractivity contribution in [1.29, 1.82) is 0 Å². The SMILES string of the molecule is CCNC(C)(C)c1nc2cnccc2n1CC. The van der Waals surface area contributed by atoms with Gasteiger partial charge in [0.25, 0.3) is 0 Å². The number of nitrogens with one attached hydrogen (secondary N) is 1. The molecular weight excluding hydrogens is 212 g/mol. The minimum atomic E-state index is -0.121. The number of hydrogen-bond donors (Lipinski definition) is 1. The van der Waals surface area contributed by atoms with E-state index in [0.717, 1.165) is 29.9 Å². The lowest BCUT2D eigenvalue weighted by atomic mass is 10.0. The summed E-state index contributed by atoms with van der Waals surface area (Å²) in [7, 11) is 0. The summed E-state index contributed by atoms with van der Waals surface area (Å²) in [5, 5.41) is 3.47. The number of pyridine rings is 1. The van der Waals surface area contributed by atoms with Crippen molar-refractivity contribution in [2.75, 3.05) is 6.54 Å². The van der Waals surface area contributed by atoms with Crippen LogP contribution in [0.2, 0.25) is 0 Å². The molecule has 0 saturated heterocycles. The van der Waals surface area contributed by atoms with Crippen molar-refractivity contribution in [3.05, 3.63) is 24.3 Å². The van der Waals surface area contributed by atoms with Crippen LogP contribution in [0.5, 0.6) is 0 Å². The topological polar surface area (TPSA) is 42.7 Å². The molecule has 0 aliphatic heterocycles. The highest BCUT2D eigenvalue weighted by molar-refractivity contribution is 5.74. The number of aryl methyl sites for hydroxylation is 1. The maximum atomic E-state index is 4.71. The molecule has 0 unspecified atom stereocenters. The molecule has 0 aromatic carbocycles. The normalized spacial score (nSPS) is 12.2. The summed E-state index contributed by atoms with van der Waals surface area (Å²) in [5.74, 6) is 1.07. The molecule has 4 nitrogen and oxygen atoms in total. The number of fused-ring (bicyclic) bond motifs is 1. The molecule has 0 fully saturated rings. The fraction of sp³-hybridized carbons (Fsp3) is 0.538. The predicted octanol–water partition coefficient (Wildman–Crippen LogP) is 2.30. The summed E-state index contributed by atoms with van der Waals surface area (Å²) >= 11 is 0. The van der Waals surface area contributed by atoms with Gasteiger partial charge in [-0.05, 0) is 33.4 Å². The molecule has 0 atom stereocenters. The summed E-state index contributed by atoms with van der Waals surface area (Å²) in [6, 6.07) is 2.03. The summed E-state index contributed by atoms with van der Waals surface area (Å²) < 4.78 is 2.25. The van der Waals surface area contributed by atoms with Crippen molar-refractivity contribution < 1.29 is 0 Å². The molecule has 0 saturated carbocycles. The smallest absolute Gasteiger partial charge is 0.129 e. The maximum absolute atomic E-state index is 4.71. The first-order chi connectivity index (χ1) is 8.10. The third kappa shape index (κ3) is 2.05. The van der Waals surface area contributed by atoms with E-state index in [0.29, 0.717) is 0 Å². The molecular formula is C13H20N4. The zero-order chi connectivity index (χ0) is 12.5. The number of hydrogen-bond acceptors (Lipinski definition) is 3. The van der Waals surface area contributed by atoms with Gasteiger partial charge in [-0.25, -0.2) is 4.98 Å². The van der Waals surface area contributed by atoms with Crippen LogP contribution in [0.15, 0.2) is 18.5 Å². The van der Waals surface area contributed by atoms with E-state index >= 15 is 0 Å². The quantitative estimate of drug-likeness (QED) is 0.879. The van der Waals surface area contributed by atoms with E-state index in [4.69, 9.17) is 4.98 Å². The molecule has 0 amide bonds. The Bertz CT molecular complexity index is 513. The monoisotopic (exact) mass is 232 g/mol. The highest BCUT2D eigenvalue weighted by Gasteiger charge is 2.26. The third-order valence-electron chi connectivity index (χ3n) is 3.04. The van der Waals surface area contributed by atoms with Crippen molar-refractivity contribution >= 4 is 11.0 Å². The van der Waals surface area contributed by atoms with Crippen molar-refractivity contribution in [2.24, 2.45) is 0 Å². The van der Waals surface area contributed by atoms with Crippen LogP contribution in [0, 0.1) is 0 Å². The highest BCUT2D eigenvalue weighted by atomic mass is 15.1. The number of rotatable bonds is 4. The van der Waals surface area contributed by atoms with Crippen LogP contribution < -0.4 is 5.32 Å². The average Bonchev–Trinajstić information content (AvgIpc) is 2.68. The lowest BCUT2D eigenvalue weighted by Gasteiger charge is -2.25. The molecule has 0 radical (unpaired) electrons. The number of aromatic nitrogens is 3. The zero-order valence-corrected chi connectivity index (χ0v) is 11.0. The van der Waals surface area contributed by atoms with Gasteiger partial charge in [-0.15, -0.1) is 0 Å². The largest absolute Gasteiger partial charge is 0.327 e. The predicted molar refractivity (Wildman–Crippen MR) is 69.9 cm³/mol. The average molecular weight is 232 g/mol. The fourth-order valence-corrected chi connectivity index (χ4v) is 2.30. The van der Waals surface area contributed by atoms with Gasteiger partial charge in [0.2, 0.25) is 0 Å². The first-order valence-electron chi connectivity index (χ1n) is 6.16. The molecule has 0 bridgehead atoms. The van der Waals surface area contributed by atoms with Gasteiger partial charge in [-0.3, -0.25) is 4.98 Å². The van der Waals surface area contributed by atoms with Gasteiger partial charge in [-0.1, -0.05) is 6.92 Å². The van der Waals surface area contributed by atoms with Crippen LogP contribution in [0.1, 0.15) is 33.5 Å².